The molecular weight excluding hydrogens is 492 g/mol. The highest BCUT2D eigenvalue weighted by Gasteiger charge is 2.38. The van der Waals surface area contributed by atoms with Gasteiger partial charge < -0.3 is 19.5 Å². The van der Waals surface area contributed by atoms with Crippen molar-refractivity contribution in [3.63, 3.8) is 0 Å². The average Bonchev–Trinajstić information content (AvgIpc) is 3.33. The number of fused-ring (bicyclic) bond motifs is 1. The van der Waals surface area contributed by atoms with Crippen molar-refractivity contribution in [3.8, 4) is 0 Å². The van der Waals surface area contributed by atoms with E-state index in [0.29, 0.717) is 35.8 Å². The summed E-state index contributed by atoms with van der Waals surface area (Å²) in [5, 5.41) is 23.8. The van der Waals surface area contributed by atoms with Gasteiger partial charge in [0.15, 0.2) is 0 Å². The van der Waals surface area contributed by atoms with Gasteiger partial charge in [0.2, 0.25) is 0 Å². The van der Waals surface area contributed by atoms with E-state index in [4.69, 9.17) is 21.1 Å². The largest absolute Gasteiger partial charge is 0.444 e. The number of nitrogens with zero attached hydrogens (tertiary/aromatic N) is 4. The minimum absolute atomic E-state index is 0.152. The van der Waals surface area contributed by atoms with Gasteiger partial charge in [0.1, 0.15) is 29.3 Å². The summed E-state index contributed by atoms with van der Waals surface area (Å²) in [5.74, 6) is -0.401. The first-order valence-corrected chi connectivity index (χ1v) is 15.8. The molecule has 0 spiro atoms. The van der Waals surface area contributed by atoms with Gasteiger partial charge in [0.05, 0.1) is 16.6 Å². The normalized spacial score (nSPS) is 17.7. The number of hydrogen-bond acceptors (Lipinski definition) is 7. The predicted octanol–water partition coefficient (Wildman–Crippen LogP) is 5.20. The van der Waals surface area contributed by atoms with Crippen LogP contribution in [0.1, 0.15) is 38.9 Å². The van der Waals surface area contributed by atoms with Crippen LogP contribution >= 0.6 is 11.6 Å². The van der Waals surface area contributed by atoms with E-state index in [1.165, 1.54) is 4.90 Å². The Morgan fingerprint density at radius 2 is 2.09 bits per heavy atom. The number of aliphatic hydroxyl groups excluding tert-OH is 1. The van der Waals surface area contributed by atoms with Gasteiger partial charge in [-0.1, -0.05) is 31.2 Å². The van der Waals surface area contributed by atoms with Crippen LogP contribution in [0.25, 0.3) is 11.0 Å². The molecule has 3 heterocycles. The number of nitro groups is 1. The summed E-state index contributed by atoms with van der Waals surface area (Å²) < 4.78 is 12.9. The standard InChI is InChI=1S/C23H35ClN4O6Si/c1-23(2,3)34-22(30)26-8-7-15(13-26)20(29)19-16-11-18(24)27(14-33-9-10-35(4,5)6)21(16)25-12-17(19)28(31)32/h11-12,15,20,29H,7-10,13-14H2,1-6H3. The molecular formula is C23H35ClN4O6Si. The topological polar surface area (TPSA) is 120 Å². The first-order chi connectivity index (χ1) is 16.2. The Balaban J connectivity index is 1.87. The molecule has 0 aliphatic carbocycles. The molecule has 2 unspecified atom stereocenters. The Kier molecular flexibility index (Phi) is 8.15. The first kappa shape index (κ1) is 27.4. The summed E-state index contributed by atoms with van der Waals surface area (Å²) in [6, 6.07) is 2.57. The van der Waals surface area contributed by atoms with E-state index in [1.807, 2.05) is 0 Å². The molecule has 1 saturated heterocycles. The third-order valence-corrected chi connectivity index (χ3v) is 7.94. The van der Waals surface area contributed by atoms with E-state index in [0.717, 1.165) is 12.2 Å². The second kappa shape index (κ2) is 10.4. The van der Waals surface area contributed by atoms with E-state index < -0.39 is 36.7 Å². The summed E-state index contributed by atoms with van der Waals surface area (Å²) in [4.78, 5) is 29.5. The molecule has 2 aromatic heterocycles. The predicted molar refractivity (Wildman–Crippen MR) is 136 cm³/mol. The monoisotopic (exact) mass is 526 g/mol. The maximum atomic E-state index is 12.5. The van der Waals surface area contributed by atoms with Crippen molar-refractivity contribution in [3.05, 3.63) is 33.1 Å². The molecule has 2 aromatic rings. The van der Waals surface area contributed by atoms with E-state index >= 15 is 0 Å². The zero-order valence-electron chi connectivity index (χ0n) is 21.2. The number of rotatable bonds is 8. The van der Waals surface area contributed by atoms with E-state index in [2.05, 4.69) is 24.6 Å². The van der Waals surface area contributed by atoms with Crippen LogP contribution in [0, 0.1) is 16.0 Å². The number of carbonyl (C=O) groups is 1. The molecule has 194 valence electrons. The molecule has 0 bridgehead atoms. The molecule has 10 nitrogen and oxygen atoms in total. The SMILES string of the molecule is CC(C)(C)OC(=O)N1CCC(C(O)c2c([N+](=O)[O-])cnc3c2cc(Cl)n3COCC[Si](C)(C)C)C1. The number of pyridine rings is 1. The van der Waals surface area contributed by atoms with Gasteiger partial charge >= 0.3 is 6.09 Å². The van der Waals surface area contributed by atoms with Crippen LogP contribution in [0.3, 0.4) is 0 Å². The molecule has 1 aliphatic rings. The summed E-state index contributed by atoms with van der Waals surface area (Å²) in [7, 11) is -1.26. The summed E-state index contributed by atoms with van der Waals surface area (Å²) in [6.07, 6.45) is -0.0225. The number of aromatic nitrogens is 2. The second-order valence-corrected chi connectivity index (χ2v) is 17.2. The van der Waals surface area contributed by atoms with Gasteiger partial charge in [-0.25, -0.2) is 9.78 Å². The van der Waals surface area contributed by atoms with Crippen LogP contribution in [0.2, 0.25) is 30.8 Å². The van der Waals surface area contributed by atoms with E-state index in [1.54, 1.807) is 31.4 Å². The highest BCUT2D eigenvalue weighted by Crippen LogP contribution is 2.40. The highest BCUT2D eigenvalue weighted by atomic mass is 35.5. The van der Waals surface area contributed by atoms with Gasteiger partial charge in [-0.2, -0.15) is 0 Å². The minimum Gasteiger partial charge on any atom is -0.444 e. The molecule has 1 aliphatic heterocycles. The molecule has 12 heteroatoms. The third kappa shape index (κ3) is 6.72. The quantitative estimate of drug-likeness (QED) is 0.217. The Labute approximate surface area is 211 Å². The number of amides is 1. The molecule has 35 heavy (non-hydrogen) atoms. The van der Waals surface area contributed by atoms with Crippen molar-refractivity contribution in [2.75, 3.05) is 19.7 Å². The van der Waals surface area contributed by atoms with Crippen LogP contribution < -0.4 is 0 Å². The van der Waals surface area contributed by atoms with Crippen molar-refractivity contribution in [1.29, 1.82) is 0 Å². The van der Waals surface area contributed by atoms with Crippen LogP contribution in [0.4, 0.5) is 10.5 Å². The summed E-state index contributed by atoms with van der Waals surface area (Å²) in [5.41, 5.74) is -0.363. The fraction of sp³-hybridized carbons (Fsp3) is 0.652. The lowest BCUT2D eigenvalue weighted by molar-refractivity contribution is -0.386. The van der Waals surface area contributed by atoms with E-state index in [9.17, 15) is 20.0 Å². The Hall–Kier alpha value is -2.21. The summed E-state index contributed by atoms with van der Waals surface area (Å²) >= 11 is 6.46. The third-order valence-electron chi connectivity index (χ3n) is 5.93. The van der Waals surface area contributed by atoms with Crippen molar-refractivity contribution < 1.29 is 24.3 Å². The van der Waals surface area contributed by atoms with Crippen molar-refractivity contribution in [2.45, 2.75) is 71.3 Å². The van der Waals surface area contributed by atoms with Crippen LogP contribution in [0.15, 0.2) is 12.3 Å². The zero-order valence-corrected chi connectivity index (χ0v) is 23.0. The molecule has 3 rings (SSSR count). The lowest BCUT2D eigenvalue weighted by Crippen LogP contribution is -2.35. The van der Waals surface area contributed by atoms with Crippen molar-refractivity contribution in [2.24, 2.45) is 5.92 Å². The second-order valence-electron chi connectivity index (χ2n) is 11.2. The maximum absolute atomic E-state index is 12.5. The smallest absolute Gasteiger partial charge is 0.410 e. The summed E-state index contributed by atoms with van der Waals surface area (Å²) in [6.45, 7) is 13.5. The van der Waals surface area contributed by atoms with Gasteiger partial charge in [0.25, 0.3) is 5.69 Å². The molecule has 2 atom stereocenters. The first-order valence-electron chi connectivity index (χ1n) is 11.7. The van der Waals surface area contributed by atoms with Crippen LogP contribution in [-0.4, -0.2) is 63.9 Å². The van der Waals surface area contributed by atoms with E-state index in [-0.39, 0.29) is 24.5 Å². The Bertz CT molecular complexity index is 1090. The van der Waals surface area contributed by atoms with Gasteiger partial charge in [0, 0.05) is 39.1 Å². The van der Waals surface area contributed by atoms with Gasteiger partial charge in [-0.3, -0.25) is 14.7 Å². The number of aliphatic hydroxyl groups is 1. The average molecular weight is 527 g/mol. The minimum atomic E-state index is -1.26. The molecule has 0 aromatic carbocycles. The number of halogens is 1. The number of hydrogen-bond donors (Lipinski definition) is 1. The zero-order chi connectivity index (χ0) is 26.1. The van der Waals surface area contributed by atoms with Crippen LogP contribution in [-0.2, 0) is 16.2 Å². The highest BCUT2D eigenvalue weighted by molar-refractivity contribution is 6.76. The lowest BCUT2D eigenvalue weighted by Gasteiger charge is -2.25. The Morgan fingerprint density at radius 3 is 2.69 bits per heavy atom. The van der Waals surface area contributed by atoms with Gasteiger partial charge in [-0.15, -0.1) is 0 Å². The molecule has 0 radical (unpaired) electrons. The maximum Gasteiger partial charge on any atom is 0.410 e. The van der Waals surface area contributed by atoms with Crippen molar-refractivity contribution in [1.82, 2.24) is 14.5 Å². The lowest BCUT2D eigenvalue weighted by atomic mass is 9.93. The number of ether oxygens (including phenoxy) is 2. The Morgan fingerprint density at radius 1 is 1.40 bits per heavy atom. The molecule has 1 amide bonds. The van der Waals surface area contributed by atoms with Crippen LogP contribution in [0.5, 0.6) is 0 Å². The fourth-order valence-electron chi connectivity index (χ4n) is 4.06. The molecule has 0 saturated carbocycles. The number of carbonyl (C=O) groups excluding carboxylic acids is 1. The van der Waals surface area contributed by atoms with Crippen molar-refractivity contribution >= 4 is 42.5 Å². The number of likely N-dealkylation sites (tertiary alicyclic amines) is 1. The fourth-order valence-corrected chi connectivity index (χ4v) is 5.06. The molecule has 1 fully saturated rings. The molecule has 1 N–H and O–H groups in total. The van der Waals surface area contributed by atoms with Gasteiger partial charge in [-0.05, 0) is 39.3 Å².